The molecule has 0 saturated heterocycles. The Morgan fingerprint density at radius 1 is 0.717 bits per heavy atom. The van der Waals surface area contributed by atoms with E-state index in [0.717, 1.165) is 27.4 Å². The Bertz CT molecular complexity index is 1870. The molecule has 6 aromatic rings. The van der Waals surface area contributed by atoms with Crippen LogP contribution in [0, 0.1) is 20.8 Å². The summed E-state index contributed by atoms with van der Waals surface area (Å²) in [7, 11) is 0. The van der Waals surface area contributed by atoms with E-state index in [-0.39, 0.29) is 71.0 Å². The van der Waals surface area contributed by atoms with Crippen molar-refractivity contribution in [2.24, 2.45) is 0 Å². The summed E-state index contributed by atoms with van der Waals surface area (Å²) in [4.78, 5) is 26.9. The topological polar surface area (TPSA) is 114 Å². The Hall–Kier alpha value is -3.62. The van der Waals surface area contributed by atoms with Crippen molar-refractivity contribution in [1.29, 1.82) is 0 Å². The Labute approximate surface area is 295 Å². The van der Waals surface area contributed by atoms with Crippen molar-refractivity contribution in [2.75, 3.05) is 6.61 Å². The number of hydrogen-bond donors (Lipinski definition) is 1. The minimum absolute atomic E-state index is 0. The van der Waals surface area contributed by atoms with Crippen LogP contribution in [0.5, 0.6) is 0 Å². The highest BCUT2D eigenvalue weighted by Crippen LogP contribution is 2.20. The van der Waals surface area contributed by atoms with E-state index in [0.29, 0.717) is 23.6 Å². The highest BCUT2D eigenvalue weighted by molar-refractivity contribution is 7.09. The van der Waals surface area contributed by atoms with Gasteiger partial charge in [-0.1, -0.05) is 93.7 Å². The van der Waals surface area contributed by atoms with Gasteiger partial charge in [0.05, 0.1) is 9.75 Å². The number of carbonyl (C=O) groups is 2. The molecular weight excluding hydrogens is 756 g/mol. The van der Waals surface area contributed by atoms with Crippen LogP contribution in [0.15, 0.2) is 92.9 Å². The van der Waals surface area contributed by atoms with E-state index < -0.39 is 0 Å². The van der Waals surface area contributed by atoms with Crippen LogP contribution in [0.2, 0.25) is 0 Å². The summed E-state index contributed by atoms with van der Waals surface area (Å²) < 4.78 is 14.2. The van der Waals surface area contributed by atoms with Gasteiger partial charge in [-0.2, -0.15) is 9.13 Å². The summed E-state index contributed by atoms with van der Waals surface area (Å²) in [6.07, 6.45) is 0.609. The maximum Gasteiger partial charge on any atom is 0.265 e. The minimum Gasteiger partial charge on any atom is -1.00 e. The van der Waals surface area contributed by atoms with Crippen LogP contribution in [-0.2, 0) is 19.5 Å². The fraction of sp³-hybridized carbons (Fsp3) is 0.212. The molecule has 2 aromatic carbocycles. The van der Waals surface area contributed by atoms with Gasteiger partial charge in [-0.05, 0) is 6.92 Å². The van der Waals surface area contributed by atoms with Crippen LogP contribution in [0.3, 0.4) is 0 Å². The lowest BCUT2D eigenvalue weighted by Gasteiger charge is -1.94. The van der Waals surface area contributed by atoms with Gasteiger partial charge in [-0.3, -0.25) is 9.59 Å². The molecule has 0 aliphatic heterocycles. The molecule has 0 unspecified atom stereocenters. The van der Waals surface area contributed by atoms with E-state index >= 15 is 0 Å². The number of aliphatic hydroxyl groups excluding tert-OH is 1. The van der Waals surface area contributed by atoms with Crippen LogP contribution in [0.4, 0.5) is 0 Å². The van der Waals surface area contributed by atoms with Crippen LogP contribution in [0.25, 0.3) is 22.5 Å². The highest BCUT2D eigenvalue weighted by Gasteiger charge is 2.23. The van der Waals surface area contributed by atoms with Gasteiger partial charge in [0.15, 0.2) is 11.4 Å². The second kappa shape index (κ2) is 17.3. The van der Waals surface area contributed by atoms with E-state index in [1.165, 1.54) is 4.88 Å². The van der Waals surface area contributed by atoms with Crippen molar-refractivity contribution in [3.63, 3.8) is 0 Å². The first-order valence-corrected chi connectivity index (χ1v) is 15.7. The van der Waals surface area contributed by atoms with Crippen molar-refractivity contribution < 1.29 is 66.8 Å². The third-order valence-corrected chi connectivity index (χ3v) is 9.28. The Morgan fingerprint density at radius 3 is 1.61 bits per heavy atom. The van der Waals surface area contributed by atoms with Gasteiger partial charge in [0.25, 0.3) is 11.6 Å². The number of Topliss-reactive ketones (excluding diaryl/α,β-unsaturated/α-hetero) is 2. The fourth-order valence-electron chi connectivity index (χ4n) is 4.38. The zero-order valence-corrected chi connectivity index (χ0v) is 30.2. The summed E-state index contributed by atoms with van der Waals surface area (Å²) in [5.74, 6) is 0.354. The first-order valence-electron chi connectivity index (χ1n) is 14.0. The maximum atomic E-state index is 12.4. The zero-order valence-electron chi connectivity index (χ0n) is 25.4. The molecule has 4 aromatic heterocycles. The lowest BCUT2D eigenvalue weighted by molar-refractivity contribution is -0.684. The van der Waals surface area contributed by atoms with Gasteiger partial charge in [-0.25, -0.2) is 0 Å². The van der Waals surface area contributed by atoms with Gasteiger partial charge in [0.1, 0.15) is 11.4 Å². The molecule has 1 N–H and O–H groups in total. The molecule has 0 saturated carbocycles. The summed E-state index contributed by atoms with van der Waals surface area (Å²) in [5.41, 5.74) is 9.15. The molecular formula is C33H32Br2N4O5S2. The molecule has 0 spiro atoms. The molecule has 4 heterocycles. The number of ketones is 2. The lowest BCUT2D eigenvalue weighted by Crippen LogP contribution is -3.00. The van der Waals surface area contributed by atoms with Crippen LogP contribution in [0.1, 0.15) is 42.3 Å². The van der Waals surface area contributed by atoms with E-state index in [2.05, 4.69) is 10.3 Å². The zero-order chi connectivity index (χ0) is 31.1. The van der Waals surface area contributed by atoms with Gasteiger partial charge in [0.2, 0.25) is 35.6 Å². The summed E-state index contributed by atoms with van der Waals surface area (Å²) in [5, 5.41) is 17.0. The molecule has 46 heavy (non-hydrogen) atoms. The first kappa shape index (κ1) is 36.8. The molecule has 0 radical (unpaired) electrons. The summed E-state index contributed by atoms with van der Waals surface area (Å²) >= 11 is 3.18. The van der Waals surface area contributed by atoms with E-state index in [1.54, 1.807) is 34.8 Å². The Kier molecular flexibility index (Phi) is 13.9. The van der Waals surface area contributed by atoms with Gasteiger partial charge < -0.3 is 48.1 Å². The number of carbonyl (C=O) groups excluding carboxylic acids is 2. The molecule has 0 aliphatic rings. The van der Waals surface area contributed by atoms with Crippen molar-refractivity contribution in [2.45, 2.75) is 40.3 Å². The average Bonchev–Trinajstić information content (AvgIpc) is 3.86. The lowest BCUT2D eigenvalue weighted by atomic mass is 10.1. The quantitative estimate of drug-likeness (QED) is 0.149. The van der Waals surface area contributed by atoms with E-state index in [9.17, 15) is 9.59 Å². The predicted molar refractivity (Wildman–Crippen MR) is 167 cm³/mol. The number of hydrogen-bond acceptors (Lipinski definition) is 9. The molecule has 0 bridgehead atoms. The molecule has 9 nitrogen and oxygen atoms in total. The molecule has 0 aliphatic carbocycles. The largest absolute Gasteiger partial charge is 1.00 e. The number of aromatic nitrogens is 4. The smallest absolute Gasteiger partial charge is 0.265 e. The Morgan fingerprint density at radius 2 is 1.17 bits per heavy atom. The summed E-state index contributed by atoms with van der Waals surface area (Å²) in [6, 6.07) is 22.6. The van der Waals surface area contributed by atoms with E-state index in [1.807, 2.05) is 102 Å². The molecule has 6 rings (SSSR count). The van der Waals surface area contributed by atoms with Gasteiger partial charge >= 0.3 is 0 Å². The molecule has 0 amide bonds. The van der Waals surface area contributed by atoms with Crippen molar-refractivity contribution in [3.8, 4) is 22.5 Å². The van der Waals surface area contributed by atoms with Crippen molar-refractivity contribution in [3.05, 3.63) is 116 Å². The SMILES string of the molecule is Cc1c(CCO)sc[n+]1CC(=O)c1cc(-c2ccccc2)no1.Cc1sc[n+](CC(=O)c2cc(-c3ccccc3)no2)c1C.[Br-].[Br-]. The number of aliphatic hydroxyl groups is 1. The third-order valence-electron chi connectivity index (χ3n) is 7.13. The Balaban J connectivity index is 0.000000241. The fourth-order valence-corrected chi connectivity index (χ4v) is 6.17. The van der Waals surface area contributed by atoms with Gasteiger partial charge in [0, 0.05) is 50.1 Å². The predicted octanol–water partition coefficient (Wildman–Crippen LogP) is -0.385. The average molecular weight is 789 g/mol. The van der Waals surface area contributed by atoms with Gasteiger partial charge in [-0.15, -0.1) is 0 Å². The summed E-state index contributed by atoms with van der Waals surface area (Å²) in [6.45, 7) is 6.59. The number of nitrogens with zero attached hydrogens (tertiary/aromatic N) is 4. The second-order valence-electron chi connectivity index (χ2n) is 10.1. The molecule has 240 valence electrons. The van der Waals surface area contributed by atoms with E-state index in [4.69, 9.17) is 14.2 Å². The third kappa shape index (κ3) is 9.01. The molecule has 0 fully saturated rings. The number of rotatable bonds is 10. The van der Waals surface area contributed by atoms with Crippen LogP contribution >= 0.6 is 22.7 Å². The maximum absolute atomic E-state index is 12.4. The standard InChI is InChI=1S/C17H17N2O3S.C16H15N2O2S.2BrH/c1-12-17(7-8-20)23-11-19(12)10-15(21)16-9-14(18-22-16)13-5-3-2-4-6-13;1-11-12(2)21-10-18(11)9-15(19)16-8-14(17-20-16)13-6-4-3-5-7-13;;/h2-6,9,11,20H,7-8,10H2,1H3;3-8,10H,9H2,1-2H3;2*1H/q2*+1;;/p-2. The normalized spacial score (nSPS) is 10.3. The van der Waals surface area contributed by atoms with Crippen molar-refractivity contribution >= 4 is 34.2 Å². The number of aryl methyl sites for hydroxylation is 1. The monoisotopic (exact) mass is 786 g/mol. The van der Waals surface area contributed by atoms with Crippen molar-refractivity contribution in [1.82, 2.24) is 10.3 Å². The number of halogens is 2. The highest BCUT2D eigenvalue weighted by atomic mass is 79.9. The molecule has 13 heteroatoms. The number of benzene rings is 2. The first-order chi connectivity index (χ1) is 21.3. The number of thiazole rings is 2. The van der Waals surface area contributed by atoms with Crippen LogP contribution < -0.4 is 43.1 Å². The minimum atomic E-state index is -0.124. The van der Waals surface area contributed by atoms with Crippen LogP contribution in [-0.4, -0.2) is 33.6 Å². The second-order valence-corrected chi connectivity index (χ2v) is 12.1. The molecule has 0 atom stereocenters.